The molecular formula is C18H22ClN3O4. The maximum atomic E-state index is 12.2. The van der Waals surface area contributed by atoms with E-state index in [9.17, 15) is 19.8 Å². The molecule has 0 aliphatic carbocycles. The highest BCUT2D eigenvalue weighted by atomic mass is 35.5. The van der Waals surface area contributed by atoms with Crippen LogP contribution in [0.25, 0.3) is 0 Å². The number of nitrogens with one attached hydrogen (secondary N) is 1. The molecule has 0 saturated heterocycles. The van der Waals surface area contributed by atoms with Gasteiger partial charge in [-0.3, -0.25) is 9.59 Å². The molecule has 2 aromatic rings. The van der Waals surface area contributed by atoms with Crippen molar-refractivity contribution in [3.8, 4) is 11.5 Å². The summed E-state index contributed by atoms with van der Waals surface area (Å²) in [6.45, 7) is 0. The van der Waals surface area contributed by atoms with Crippen molar-refractivity contribution in [3.05, 3.63) is 59.7 Å². The van der Waals surface area contributed by atoms with Gasteiger partial charge in [0.2, 0.25) is 11.8 Å². The third-order valence-corrected chi connectivity index (χ3v) is 3.76. The molecule has 0 saturated carbocycles. The van der Waals surface area contributed by atoms with Gasteiger partial charge in [0, 0.05) is 6.42 Å². The lowest BCUT2D eigenvalue weighted by Gasteiger charge is -2.19. The van der Waals surface area contributed by atoms with Crippen molar-refractivity contribution in [2.24, 2.45) is 11.5 Å². The SMILES string of the molecule is Cl.NC(=O)[C@H](Cc1ccc(O)cc1)NC(=O)[C@@H](N)Cc1ccc(O)cc1. The highest BCUT2D eigenvalue weighted by Crippen LogP contribution is 2.12. The van der Waals surface area contributed by atoms with E-state index < -0.39 is 23.9 Å². The van der Waals surface area contributed by atoms with Gasteiger partial charge >= 0.3 is 0 Å². The molecule has 26 heavy (non-hydrogen) atoms. The van der Waals surface area contributed by atoms with Crippen LogP contribution >= 0.6 is 12.4 Å². The molecule has 0 bridgehead atoms. The van der Waals surface area contributed by atoms with E-state index in [-0.39, 0.29) is 36.7 Å². The van der Waals surface area contributed by atoms with Crippen molar-refractivity contribution in [3.63, 3.8) is 0 Å². The zero-order chi connectivity index (χ0) is 18.4. The summed E-state index contributed by atoms with van der Waals surface area (Å²) in [4.78, 5) is 23.9. The van der Waals surface area contributed by atoms with Crippen LogP contribution in [0.2, 0.25) is 0 Å². The summed E-state index contributed by atoms with van der Waals surface area (Å²) >= 11 is 0. The fourth-order valence-corrected chi connectivity index (χ4v) is 2.35. The van der Waals surface area contributed by atoms with Gasteiger partial charge in [0.15, 0.2) is 0 Å². The largest absolute Gasteiger partial charge is 0.508 e. The van der Waals surface area contributed by atoms with Crippen LogP contribution in [0, 0.1) is 0 Å². The normalized spacial score (nSPS) is 12.5. The molecule has 0 radical (unpaired) electrons. The first-order valence-corrected chi connectivity index (χ1v) is 7.76. The number of nitrogens with two attached hydrogens (primary N) is 2. The van der Waals surface area contributed by atoms with Gasteiger partial charge in [0.1, 0.15) is 17.5 Å². The van der Waals surface area contributed by atoms with Gasteiger partial charge in [0.05, 0.1) is 6.04 Å². The number of carbonyl (C=O) groups is 2. The summed E-state index contributed by atoms with van der Waals surface area (Å²) in [6.07, 6.45) is 0.462. The maximum absolute atomic E-state index is 12.2. The Morgan fingerprint density at radius 1 is 0.885 bits per heavy atom. The molecule has 2 rings (SSSR count). The van der Waals surface area contributed by atoms with E-state index in [2.05, 4.69) is 5.32 Å². The highest BCUT2D eigenvalue weighted by molar-refractivity contribution is 5.89. The molecular weight excluding hydrogens is 358 g/mol. The molecule has 140 valence electrons. The fourth-order valence-electron chi connectivity index (χ4n) is 2.35. The lowest BCUT2D eigenvalue weighted by atomic mass is 10.0. The fraction of sp³-hybridized carbons (Fsp3) is 0.222. The Hall–Kier alpha value is -2.77. The first kappa shape index (κ1) is 21.3. The standard InChI is InChI=1S/C18H21N3O4.ClH/c19-15(9-11-1-5-13(22)6-2-11)18(25)21-16(17(20)24)10-12-3-7-14(23)8-4-12;/h1-8,15-16,22-23H,9-10,19H2,(H2,20,24)(H,21,25);1H/t15-,16-;/m0./s1. The molecule has 0 fully saturated rings. The third-order valence-electron chi connectivity index (χ3n) is 3.76. The Balaban J connectivity index is 0.00000338. The molecule has 7 N–H and O–H groups in total. The monoisotopic (exact) mass is 379 g/mol. The van der Waals surface area contributed by atoms with Crippen molar-refractivity contribution in [1.82, 2.24) is 5.32 Å². The van der Waals surface area contributed by atoms with E-state index >= 15 is 0 Å². The summed E-state index contributed by atoms with van der Waals surface area (Å²) in [7, 11) is 0. The van der Waals surface area contributed by atoms with Crippen LogP contribution in [0.5, 0.6) is 11.5 Å². The van der Waals surface area contributed by atoms with Crippen LogP contribution in [0.3, 0.4) is 0 Å². The number of hydrogen-bond acceptors (Lipinski definition) is 5. The number of phenols is 2. The molecule has 0 heterocycles. The van der Waals surface area contributed by atoms with Gasteiger partial charge in [-0.05, 0) is 41.8 Å². The second-order valence-corrected chi connectivity index (χ2v) is 5.81. The van der Waals surface area contributed by atoms with Gasteiger partial charge in [-0.2, -0.15) is 0 Å². The van der Waals surface area contributed by atoms with Crippen molar-refractivity contribution in [2.45, 2.75) is 24.9 Å². The lowest BCUT2D eigenvalue weighted by Crippen LogP contribution is -2.51. The number of benzene rings is 2. The molecule has 0 aliphatic rings. The number of amides is 2. The van der Waals surface area contributed by atoms with E-state index in [4.69, 9.17) is 11.5 Å². The van der Waals surface area contributed by atoms with Gasteiger partial charge < -0.3 is 27.0 Å². The summed E-state index contributed by atoms with van der Waals surface area (Å²) in [5.41, 5.74) is 12.8. The van der Waals surface area contributed by atoms with Gasteiger partial charge in [0.25, 0.3) is 0 Å². The molecule has 0 aliphatic heterocycles. The van der Waals surface area contributed by atoms with Crippen LogP contribution < -0.4 is 16.8 Å². The summed E-state index contributed by atoms with van der Waals surface area (Å²) in [6, 6.07) is 10.9. The Morgan fingerprint density at radius 2 is 1.31 bits per heavy atom. The minimum Gasteiger partial charge on any atom is -0.508 e. The minimum atomic E-state index is -0.900. The molecule has 0 aromatic heterocycles. The zero-order valence-electron chi connectivity index (χ0n) is 14.0. The van der Waals surface area contributed by atoms with Gasteiger partial charge in [-0.1, -0.05) is 24.3 Å². The predicted octanol–water partition coefficient (Wildman–Crippen LogP) is 0.602. The summed E-state index contributed by atoms with van der Waals surface area (Å²) in [5.74, 6) is -0.919. The smallest absolute Gasteiger partial charge is 0.240 e. The van der Waals surface area contributed by atoms with Crippen LogP contribution in [-0.2, 0) is 22.4 Å². The number of rotatable bonds is 7. The minimum absolute atomic E-state index is 0. The van der Waals surface area contributed by atoms with E-state index in [1.165, 1.54) is 24.3 Å². The molecule has 2 amide bonds. The van der Waals surface area contributed by atoms with Gasteiger partial charge in [-0.25, -0.2) is 0 Å². The quantitative estimate of drug-likeness (QED) is 0.479. The number of primary amides is 1. The number of carbonyl (C=O) groups excluding carboxylic acids is 2. The maximum Gasteiger partial charge on any atom is 0.240 e. The van der Waals surface area contributed by atoms with Crippen molar-refractivity contribution < 1.29 is 19.8 Å². The Kier molecular flexibility index (Phi) is 7.89. The van der Waals surface area contributed by atoms with E-state index in [1.807, 2.05) is 0 Å². The van der Waals surface area contributed by atoms with Crippen molar-refractivity contribution >= 4 is 24.2 Å². The molecule has 0 spiro atoms. The third kappa shape index (κ3) is 6.27. The molecule has 7 nitrogen and oxygen atoms in total. The topological polar surface area (TPSA) is 139 Å². The number of phenolic OH excluding ortho intramolecular Hbond substituents is 2. The number of hydrogen-bond donors (Lipinski definition) is 5. The van der Waals surface area contributed by atoms with Crippen LogP contribution in [-0.4, -0.2) is 34.1 Å². The first-order valence-electron chi connectivity index (χ1n) is 7.76. The lowest BCUT2D eigenvalue weighted by molar-refractivity contribution is -0.128. The molecule has 2 aromatic carbocycles. The van der Waals surface area contributed by atoms with Gasteiger partial charge in [-0.15, -0.1) is 12.4 Å². The average Bonchev–Trinajstić information content (AvgIpc) is 2.58. The van der Waals surface area contributed by atoms with Crippen LogP contribution in [0.1, 0.15) is 11.1 Å². The Morgan fingerprint density at radius 3 is 1.73 bits per heavy atom. The number of aromatic hydroxyl groups is 2. The van der Waals surface area contributed by atoms with Crippen molar-refractivity contribution in [1.29, 1.82) is 0 Å². The van der Waals surface area contributed by atoms with E-state index in [0.29, 0.717) is 0 Å². The summed E-state index contributed by atoms with van der Waals surface area (Å²) < 4.78 is 0. The molecule has 2 atom stereocenters. The van der Waals surface area contributed by atoms with E-state index in [0.717, 1.165) is 11.1 Å². The van der Waals surface area contributed by atoms with E-state index in [1.54, 1.807) is 24.3 Å². The Labute approximate surface area is 157 Å². The van der Waals surface area contributed by atoms with Crippen LogP contribution in [0.4, 0.5) is 0 Å². The molecule has 0 unspecified atom stereocenters. The average molecular weight is 380 g/mol. The number of halogens is 1. The van der Waals surface area contributed by atoms with Crippen molar-refractivity contribution in [2.75, 3.05) is 0 Å². The predicted molar refractivity (Wildman–Crippen MR) is 100.0 cm³/mol. The second kappa shape index (κ2) is 9.65. The van der Waals surface area contributed by atoms with Crippen LogP contribution in [0.15, 0.2) is 48.5 Å². The highest BCUT2D eigenvalue weighted by Gasteiger charge is 2.22. The first-order chi connectivity index (χ1) is 11.8. The summed E-state index contributed by atoms with van der Waals surface area (Å²) in [5, 5.41) is 21.1. The second-order valence-electron chi connectivity index (χ2n) is 5.81. The molecule has 8 heteroatoms. The zero-order valence-corrected chi connectivity index (χ0v) is 14.8. The Bertz CT molecular complexity index is 735.